The molecule has 1 unspecified atom stereocenters. The van der Waals surface area contributed by atoms with Gasteiger partial charge in [-0.25, -0.2) is 26.1 Å². The van der Waals surface area contributed by atoms with Crippen molar-refractivity contribution in [2.45, 2.75) is 12.8 Å². The number of anilines is 1. The first-order chi connectivity index (χ1) is 14.2. The third kappa shape index (κ3) is 5.90. The first kappa shape index (κ1) is 22.9. The molecule has 30 heavy (non-hydrogen) atoms. The number of piperazine rings is 1. The van der Waals surface area contributed by atoms with E-state index in [9.17, 15) is 21.6 Å². The molecule has 12 heteroatoms. The molecule has 2 fully saturated rings. The van der Waals surface area contributed by atoms with Gasteiger partial charge in [0, 0.05) is 52.0 Å². The van der Waals surface area contributed by atoms with Crippen LogP contribution in [0.5, 0.6) is 0 Å². The van der Waals surface area contributed by atoms with Crippen molar-refractivity contribution in [3.8, 4) is 0 Å². The fraction of sp³-hybridized carbons (Fsp3) is 0.667. The summed E-state index contributed by atoms with van der Waals surface area (Å²) in [5.74, 6) is -0.0840. The van der Waals surface area contributed by atoms with Crippen LogP contribution in [0, 0.1) is 5.92 Å². The number of carbonyl (C=O) groups excluding carboxylic acids is 1. The summed E-state index contributed by atoms with van der Waals surface area (Å²) in [6.07, 6.45) is 4.06. The van der Waals surface area contributed by atoms with Gasteiger partial charge in [-0.3, -0.25) is 4.79 Å². The number of sulfonamides is 2. The minimum Gasteiger partial charge on any atom is -0.355 e. The highest BCUT2D eigenvalue weighted by Crippen LogP contribution is 2.19. The number of hydrogen-bond acceptors (Lipinski definition) is 7. The molecule has 3 heterocycles. The van der Waals surface area contributed by atoms with E-state index in [4.69, 9.17) is 0 Å². The van der Waals surface area contributed by atoms with Crippen molar-refractivity contribution in [3.05, 3.63) is 24.4 Å². The highest BCUT2D eigenvalue weighted by atomic mass is 32.2. The van der Waals surface area contributed by atoms with Crippen molar-refractivity contribution in [2.75, 3.05) is 62.7 Å². The largest absolute Gasteiger partial charge is 0.355 e. The first-order valence-corrected chi connectivity index (χ1v) is 13.5. The van der Waals surface area contributed by atoms with Gasteiger partial charge in [0.05, 0.1) is 17.9 Å². The van der Waals surface area contributed by atoms with Gasteiger partial charge in [-0.2, -0.15) is 4.31 Å². The third-order valence-corrected chi connectivity index (χ3v) is 8.63. The van der Waals surface area contributed by atoms with E-state index >= 15 is 0 Å². The predicted octanol–water partition coefficient (Wildman–Crippen LogP) is -0.679. The van der Waals surface area contributed by atoms with Crippen molar-refractivity contribution in [1.29, 1.82) is 0 Å². The van der Waals surface area contributed by atoms with Gasteiger partial charge >= 0.3 is 0 Å². The monoisotopic (exact) mass is 459 g/mol. The standard InChI is InChI=1S/C18H29N5O5S2/c1-29(25,26)23-9-4-5-16(15-23)18(24)20-8-14-30(27,28)22-12-10-21(11-13-22)17-6-2-3-7-19-17/h2-3,6-7,16H,4-5,8-15H2,1H3,(H,20,24). The number of nitrogens with zero attached hydrogens (tertiary/aromatic N) is 4. The molecule has 0 bridgehead atoms. The minimum atomic E-state index is -3.48. The highest BCUT2D eigenvalue weighted by Gasteiger charge is 2.31. The van der Waals surface area contributed by atoms with E-state index in [1.807, 2.05) is 23.1 Å². The average molecular weight is 460 g/mol. The van der Waals surface area contributed by atoms with Crippen molar-refractivity contribution in [2.24, 2.45) is 5.92 Å². The molecule has 3 rings (SSSR count). The zero-order valence-corrected chi connectivity index (χ0v) is 18.7. The Morgan fingerprint density at radius 1 is 1.10 bits per heavy atom. The number of nitrogens with one attached hydrogen (secondary N) is 1. The number of rotatable bonds is 7. The van der Waals surface area contributed by atoms with Gasteiger partial charge in [-0.15, -0.1) is 0 Å². The Morgan fingerprint density at radius 3 is 2.47 bits per heavy atom. The highest BCUT2D eigenvalue weighted by molar-refractivity contribution is 7.89. The van der Waals surface area contributed by atoms with Gasteiger partial charge in [0.25, 0.3) is 0 Å². The molecule has 0 saturated carbocycles. The van der Waals surface area contributed by atoms with Crippen molar-refractivity contribution in [1.82, 2.24) is 18.9 Å². The molecule has 1 aromatic heterocycles. The molecule has 0 spiro atoms. The lowest BCUT2D eigenvalue weighted by Crippen LogP contribution is -2.50. The Kier molecular flexibility index (Phi) is 7.32. The SMILES string of the molecule is CS(=O)(=O)N1CCCC(C(=O)NCCS(=O)(=O)N2CCN(c3ccccn3)CC2)C1. The van der Waals surface area contributed by atoms with Crippen molar-refractivity contribution in [3.63, 3.8) is 0 Å². The molecule has 168 valence electrons. The second kappa shape index (κ2) is 9.58. The summed E-state index contributed by atoms with van der Waals surface area (Å²) in [5, 5.41) is 2.67. The van der Waals surface area contributed by atoms with Crippen LogP contribution in [0.3, 0.4) is 0 Å². The number of amides is 1. The maximum absolute atomic E-state index is 12.6. The summed E-state index contributed by atoms with van der Waals surface area (Å²) < 4.78 is 51.4. The van der Waals surface area contributed by atoms with Gasteiger partial charge in [0.15, 0.2) is 0 Å². The summed E-state index contributed by atoms with van der Waals surface area (Å²) in [7, 11) is -6.82. The average Bonchev–Trinajstić information content (AvgIpc) is 2.74. The number of pyridine rings is 1. The lowest BCUT2D eigenvalue weighted by atomic mass is 9.99. The smallest absolute Gasteiger partial charge is 0.224 e. The molecule has 2 aliphatic heterocycles. The van der Waals surface area contributed by atoms with Gasteiger partial charge in [-0.05, 0) is 25.0 Å². The van der Waals surface area contributed by atoms with Crippen LogP contribution in [-0.4, -0.2) is 94.2 Å². The first-order valence-electron chi connectivity index (χ1n) is 10.0. The maximum atomic E-state index is 12.6. The van der Waals surface area contributed by atoms with Gasteiger partial charge in [0.1, 0.15) is 5.82 Å². The molecule has 0 aliphatic carbocycles. The van der Waals surface area contributed by atoms with Crippen LogP contribution in [0.15, 0.2) is 24.4 Å². The van der Waals surface area contributed by atoms with Crippen LogP contribution in [0.1, 0.15) is 12.8 Å². The minimum absolute atomic E-state index is 0.0109. The lowest BCUT2D eigenvalue weighted by Gasteiger charge is -2.34. The van der Waals surface area contributed by atoms with Crippen molar-refractivity contribution < 1.29 is 21.6 Å². The van der Waals surface area contributed by atoms with Crippen LogP contribution < -0.4 is 10.2 Å². The molecule has 1 N–H and O–H groups in total. The Morgan fingerprint density at radius 2 is 1.83 bits per heavy atom. The molecule has 2 saturated heterocycles. The Hall–Kier alpha value is -1.76. The molecule has 2 aliphatic rings. The molecular formula is C18H29N5O5S2. The molecule has 10 nitrogen and oxygen atoms in total. The quantitative estimate of drug-likeness (QED) is 0.574. The molecule has 1 aromatic rings. The summed E-state index contributed by atoms with van der Waals surface area (Å²) in [6.45, 7) is 2.45. The summed E-state index contributed by atoms with van der Waals surface area (Å²) in [5.41, 5.74) is 0. The molecular weight excluding hydrogens is 430 g/mol. The molecule has 0 aromatic carbocycles. The second-order valence-electron chi connectivity index (χ2n) is 7.64. The van der Waals surface area contributed by atoms with Crippen LogP contribution in [0.2, 0.25) is 0 Å². The van der Waals surface area contributed by atoms with E-state index in [0.717, 1.165) is 12.1 Å². The summed E-state index contributed by atoms with van der Waals surface area (Å²) in [6, 6.07) is 5.63. The fourth-order valence-electron chi connectivity index (χ4n) is 3.77. The van der Waals surface area contributed by atoms with E-state index in [1.165, 1.54) is 8.61 Å². The second-order valence-corrected chi connectivity index (χ2v) is 11.7. The predicted molar refractivity (Wildman–Crippen MR) is 114 cm³/mol. The van der Waals surface area contributed by atoms with Gasteiger partial charge in [0.2, 0.25) is 26.0 Å². The Labute approximate surface area is 178 Å². The van der Waals surface area contributed by atoms with E-state index in [1.54, 1.807) is 6.20 Å². The van der Waals surface area contributed by atoms with Crippen LogP contribution in [-0.2, 0) is 24.8 Å². The Bertz CT molecular complexity index is 931. The number of aromatic nitrogens is 1. The molecule has 1 atom stereocenters. The molecule has 1 amide bonds. The normalized spacial score (nSPS) is 22.0. The van der Waals surface area contributed by atoms with Crippen LogP contribution in [0.4, 0.5) is 5.82 Å². The molecule has 0 radical (unpaired) electrons. The van der Waals surface area contributed by atoms with Crippen LogP contribution in [0.25, 0.3) is 0 Å². The third-order valence-electron chi connectivity index (χ3n) is 5.49. The number of hydrogen-bond donors (Lipinski definition) is 1. The van der Waals surface area contributed by atoms with Crippen molar-refractivity contribution >= 4 is 31.8 Å². The topological polar surface area (TPSA) is 120 Å². The summed E-state index contributed by atoms with van der Waals surface area (Å²) >= 11 is 0. The van der Waals surface area contributed by atoms with Crippen LogP contribution >= 0.6 is 0 Å². The van der Waals surface area contributed by atoms with E-state index < -0.39 is 26.0 Å². The number of carbonyl (C=O) groups is 1. The van der Waals surface area contributed by atoms with E-state index in [2.05, 4.69) is 10.3 Å². The number of piperidine rings is 1. The van der Waals surface area contributed by atoms with Gasteiger partial charge < -0.3 is 10.2 Å². The van der Waals surface area contributed by atoms with E-state index in [0.29, 0.717) is 45.6 Å². The lowest BCUT2D eigenvalue weighted by molar-refractivity contribution is -0.125. The zero-order chi connectivity index (χ0) is 21.8. The summed E-state index contributed by atoms with van der Waals surface area (Å²) in [4.78, 5) is 18.7. The fourth-order valence-corrected chi connectivity index (χ4v) is 6.02. The Balaban J connectivity index is 1.44. The van der Waals surface area contributed by atoms with E-state index in [-0.39, 0.29) is 24.7 Å². The zero-order valence-electron chi connectivity index (χ0n) is 17.1. The van der Waals surface area contributed by atoms with Gasteiger partial charge in [-0.1, -0.05) is 6.07 Å². The maximum Gasteiger partial charge on any atom is 0.224 e.